The van der Waals surface area contributed by atoms with Gasteiger partial charge in [0.25, 0.3) is 5.69 Å². The molecule has 0 aliphatic rings. The first-order chi connectivity index (χ1) is 6.86. The van der Waals surface area contributed by atoms with E-state index in [2.05, 4.69) is 15.9 Å². The average Bonchev–Trinajstić information content (AvgIpc) is 2.16. The Labute approximate surface area is 95.2 Å². The molecule has 1 atom stereocenters. The fourth-order valence-electron chi connectivity index (χ4n) is 1.11. The molecule has 15 heavy (non-hydrogen) atoms. The molecule has 0 aliphatic carbocycles. The molecule has 1 aromatic rings. The largest absolute Gasteiger partial charge is 0.384 e. The molecule has 0 bridgehead atoms. The van der Waals surface area contributed by atoms with Gasteiger partial charge in [0, 0.05) is 23.2 Å². The third-order valence-corrected chi connectivity index (χ3v) is 2.57. The van der Waals surface area contributed by atoms with Gasteiger partial charge < -0.3 is 10.8 Å². The number of hydrogen-bond donors (Lipinski definition) is 2. The quantitative estimate of drug-likeness (QED) is 0.646. The van der Waals surface area contributed by atoms with E-state index in [0.29, 0.717) is 10.0 Å². The molecular weight excluding hydrogens is 264 g/mol. The molecule has 0 aliphatic heterocycles. The van der Waals surface area contributed by atoms with Crippen molar-refractivity contribution in [3.63, 3.8) is 0 Å². The third kappa shape index (κ3) is 2.74. The van der Waals surface area contributed by atoms with Crippen LogP contribution < -0.4 is 5.73 Å². The van der Waals surface area contributed by atoms with Gasteiger partial charge in [-0.3, -0.25) is 10.1 Å². The van der Waals surface area contributed by atoms with Crippen molar-refractivity contribution in [1.29, 1.82) is 0 Å². The van der Waals surface area contributed by atoms with E-state index in [9.17, 15) is 15.2 Å². The monoisotopic (exact) mass is 274 g/mol. The Balaban J connectivity index is 3.26. The van der Waals surface area contributed by atoms with Crippen molar-refractivity contribution in [1.82, 2.24) is 0 Å². The molecule has 0 spiro atoms. The van der Waals surface area contributed by atoms with Crippen molar-refractivity contribution in [3.05, 3.63) is 38.3 Å². The summed E-state index contributed by atoms with van der Waals surface area (Å²) in [4.78, 5) is 10.1. The Bertz CT molecular complexity index is 393. The number of rotatable bonds is 3. The zero-order valence-electron chi connectivity index (χ0n) is 8.11. The Hall–Kier alpha value is -0.980. The van der Waals surface area contributed by atoms with E-state index >= 15 is 0 Å². The van der Waals surface area contributed by atoms with Gasteiger partial charge in [-0.1, -0.05) is 15.9 Å². The molecule has 0 saturated heterocycles. The normalized spacial score (nSPS) is 14.7. The second-order valence-corrected chi connectivity index (χ2v) is 4.35. The molecule has 0 heterocycles. The zero-order chi connectivity index (χ0) is 11.6. The molecule has 0 fully saturated rings. The molecule has 0 aromatic heterocycles. The highest BCUT2D eigenvalue weighted by molar-refractivity contribution is 9.10. The average molecular weight is 275 g/mol. The Kier molecular flexibility index (Phi) is 3.43. The Morgan fingerprint density at radius 2 is 2.20 bits per heavy atom. The summed E-state index contributed by atoms with van der Waals surface area (Å²) in [5, 5.41) is 20.4. The van der Waals surface area contributed by atoms with Crippen LogP contribution >= 0.6 is 15.9 Å². The molecule has 5 nitrogen and oxygen atoms in total. The van der Waals surface area contributed by atoms with Gasteiger partial charge in [-0.2, -0.15) is 0 Å². The number of nitrogens with two attached hydrogens (primary N) is 1. The fraction of sp³-hybridized carbons (Fsp3) is 0.333. The number of halogens is 1. The van der Waals surface area contributed by atoms with E-state index in [1.54, 1.807) is 6.07 Å². The molecule has 0 amide bonds. The first-order valence-electron chi connectivity index (χ1n) is 4.25. The second kappa shape index (κ2) is 4.26. The van der Waals surface area contributed by atoms with Gasteiger partial charge in [-0.25, -0.2) is 0 Å². The van der Waals surface area contributed by atoms with E-state index in [0.717, 1.165) is 0 Å². The summed E-state index contributed by atoms with van der Waals surface area (Å²) in [6.45, 7) is 1.51. The van der Waals surface area contributed by atoms with E-state index in [-0.39, 0.29) is 12.2 Å². The maximum Gasteiger partial charge on any atom is 0.270 e. The minimum absolute atomic E-state index is 0.000603. The highest BCUT2D eigenvalue weighted by Crippen LogP contribution is 2.27. The van der Waals surface area contributed by atoms with Gasteiger partial charge in [-0.15, -0.1) is 0 Å². The van der Waals surface area contributed by atoms with Gasteiger partial charge in [0.1, 0.15) is 0 Å². The SMILES string of the molecule is CC(O)(CN)c1cc(Br)cc([N+](=O)[O-])c1. The maximum absolute atomic E-state index is 10.6. The highest BCUT2D eigenvalue weighted by Gasteiger charge is 2.23. The Morgan fingerprint density at radius 1 is 1.60 bits per heavy atom. The van der Waals surface area contributed by atoms with Crippen molar-refractivity contribution in [2.75, 3.05) is 6.54 Å². The smallest absolute Gasteiger partial charge is 0.270 e. The number of benzene rings is 1. The molecule has 1 unspecified atom stereocenters. The minimum atomic E-state index is -1.26. The molecule has 0 radical (unpaired) electrons. The summed E-state index contributed by atoms with van der Waals surface area (Å²) in [5.41, 5.74) is 4.47. The summed E-state index contributed by atoms with van der Waals surface area (Å²) in [5.74, 6) is 0. The molecule has 1 aromatic carbocycles. The predicted octanol–water partition coefficient (Wildman–Crippen LogP) is 1.52. The van der Waals surface area contributed by atoms with Gasteiger partial charge in [0.15, 0.2) is 0 Å². The zero-order valence-corrected chi connectivity index (χ0v) is 9.69. The number of nitro groups is 1. The Morgan fingerprint density at radius 3 is 2.67 bits per heavy atom. The number of non-ortho nitro benzene ring substituents is 1. The fourth-order valence-corrected chi connectivity index (χ4v) is 1.59. The summed E-state index contributed by atoms with van der Waals surface area (Å²) in [6, 6.07) is 4.30. The third-order valence-electron chi connectivity index (χ3n) is 2.11. The minimum Gasteiger partial charge on any atom is -0.384 e. The molecule has 82 valence electrons. The van der Waals surface area contributed by atoms with Crippen molar-refractivity contribution >= 4 is 21.6 Å². The van der Waals surface area contributed by atoms with Crippen molar-refractivity contribution in [2.24, 2.45) is 5.73 Å². The highest BCUT2D eigenvalue weighted by atomic mass is 79.9. The summed E-state index contributed by atoms with van der Waals surface area (Å²) in [6.07, 6.45) is 0. The lowest BCUT2D eigenvalue weighted by molar-refractivity contribution is -0.385. The number of nitro benzene ring substituents is 1. The van der Waals surface area contributed by atoms with Gasteiger partial charge in [0.05, 0.1) is 10.5 Å². The van der Waals surface area contributed by atoms with Crippen LogP contribution in [0.2, 0.25) is 0 Å². The van der Waals surface area contributed by atoms with E-state index in [1.807, 2.05) is 0 Å². The van der Waals surface area contributed by atoms with Gasteiger partial charge >= 0.3 is 0 Å². The van der Waals surface area contributed by atoms with Crippen LogP contribution in [-0.4, -0.2) is 16.6 Å². The molecule has 1 rings (SSSR count). The molecule has 6 heteroatoms. The number of nitrogens with zero attached hydrogens (tertiary/aromatic N) is 1. The standard InChI is InChI=1S/C9H11BrN2O3/c1-9(13,5-11)6-2-7(10)4-8(3-6)12(14)15/h2-4,13H,5,11H2,1H3. The van der Waals surface area contributed by atoms with Crippen LogP contribution in [0.4, 0.5) is 5.69 Å². The lowest BCUT2D eigenvalue weighted by Crippen LogP contribution is -2.31. The maximum atomic E-state index is 10.6. The van der Waals surface area contributed by atoms with Crippen LogP contribution in [0.1, 0.15) is 12.5 Å². The van der Waals surface area contributed by atoms with E-state index in [1.165, 1.54) is 19.1 Å². The second-order valence-electron chi connectivity index (χ2n) is 3.43. The number of aliphatic hydroxyl groups is 1. The first kappa shape index (κ1) is 12.1. The topological polar surface area (TPSA) is 89.4 Å². The number of hydrogen-bond acceptors (Lipinski definition) is 4. The van der Waals surface area contributed by atoms with Crippen molar-refractivity contribution in [2.45, 2.75) is 12.5 Å². The molecule has 0 saturated carbocycles. The van der Waals surface area contributed by atoms with Crippen LogP contribution in [0.25, 0.3) is 0 Å². The lowest BCUT2D eigenvalue weighted by Gasteiger charge is -2.21. The van der Waals surface area contributed by atoms with E-state index < -0.39 is 10.5 Å². The summed E-state index contributed by atoms with van der Waals surface area (Å²) >= 11 is 3.15. The van der Waals surface area contributed by atoms with Crippen LogP contribution in [-0.2, 0) is 5.60 Å². The van der Waals surface area contributed by atoms with Crippen molar-refractivity contribution < 1.29 is 10.0 Å². The first-order valence-corrected chi connectivity index (χ1v) is 5.04. The van der Waals surface area contributed by atoms with Gasteiger partial charge in [-0.05, 0) is 18.6 Å². The van der Waals surface area contributed by atoms with Crippen LogP contribution in [0, 0.1) is 10.1 Å². The summed E-state index contributed by atoms with van der Waals surface area (Å²) < 4.78 is 0.542. The molecular formula is C9H11BrN2O3. The lowest BCUT2D eigenvalue weighted by atomic mass is 9.96. The van der Waals surface area contributed by atoms with Crippen LogP contribution in [0.15, 0.2) is 22.7 Å². The van der Waals surface area contributed by atoms with Crippen molar-refractivity contribution in [3.8, 4) is 0 Å². The molecule has 3 N–H and O–H groups in total. The predicted molar refractivity (Wildman–Crippen MR) is 59.4 cm³/mol. The summed E-state index contributed by atoms with van der Waals surface area (Å²) in [7, 11) is 0. The van der Waals surface area contributed by atoms with Crippen LogP contribution in [0.3, 0.4) is 0 Å². The van der Waals surface area contributed by atoms with E-state index in [4.69, 9.17) is 5.73 Å². The van der Waals surface area contributed by atoms with Crippen LogP contribution in [0.5, 0.6) is 0 Å². The van der Waals surface area contributed by atoms with Gasteiger partial charge in [0.2, 0.25) is 0 Å².